The lowest BCUT2D eigenvalue weighted by Crippen LogP contribution is -2.03. The number of aryl methyl sites for hydroxylation is 4. The summed E-state index contributed by atoms with van der Waals surface area (Å²) in [6.07, 6.45) is 0. The molecule has 0 bridgehead atoms. The molecule has 34 heavy (non-hydrogen) atoms. The van der Waals surface area contributed by atoms with Crippen LogP contribution in [0.15, 0.2) is 36.4 Å². The van der Waals surface area contributed by atoms with Gasteiger partial charge in [0, 0.05) is 33.9 Å². The Bertz CT molecular complexity index is 1540. The summed E-state index contributed by atoms with van der Waals surface area (Å²) in [6, 6.07) is 12.1. The molecule has 0 atom stereocenters. The lowest BCUT2D eigenvalue weighted by molar-refractivity contribution is 0.336. The van der Waals surface area contributed by atoms with E-state index in [-0.39, 0.29) is 0 Å². The standard InChI is InChI=1S/C26H27N5O2S/c1-7-33-19-9-10-21(22(13-19)32-6)31-15(3)24-14(2)29-30-26(25(24)16(31)4)28-18-8-11-23-20(12-18)27-17(5)34-23/h8-13H,7H2,1-6H3,(H,28,30). The summed E-state index contributed by atoms with van der Waals surface area (Å²) >= 11 is 1.69. The number of benzene rings is 2. The molecule has 2 aromatic carbocycles. The Labute approximate surface area is 202 Å². The smallest absolute Gasteiger partial charge is 0.162 e. The van der Waals surface area contributed by atoms with Crippen LogP contribution < -0.4 is 14.8 Å². The van der Waals surface area contributed by atoms with E-state index in [9.17, 15) is 0 Å². The van der Waals surface area contributed by atoms with Gasteiger partial charge in [-0.2, -0.15) is 5.10 Å². The third-order valence-electron chi connectivity index (χ3n) is 6.00. The largest absolute Gasteiger partial charge is 0.494 e. The fourth-order valence-electron chi connectivity index (χ4n) is 4.60. The van der Waals surface area contributed by atoms with Gasteiger partial charge in [-0.25, -0.2) is 4.98 Å². The highest BCUT2D eigenvalue weighted by Gasteiger charge is 2.21. The van der Waals surface area contributed by atoms with E-state index in [0.717, 1.165) is 67.1 Å². The molecule has 3 heterocycles. The third-order valence-corrected chi connectivity index (χ3v) is 6.96. The summed E-state index contributed by atoms with van der Waals surface area (Å²) in [7, 11) is 1.68. The molecule has 0 aliphatic rings. The second kappa shape index (κ2) is 8.61. The van der Waals surface area contributed by atoms with E-state index in [0.29, 0.717) is 6.61 Å². The van der Waals surface area contributed by atoms with Crippen LogP contribution in [-0.2, 0) is 0 Å². The van der Waals surface area contributed by atoms with Gasteiger partial charge >= 0.3 is 0 Å². The zero-order valence-electron chi connectivity index (χ0n) is 20.2. The van der Waals surface area contributed by atoms with Crippen LogP contribution in [0.4, 0.5) is 11.5 Å². The average molecular weight is 474 g/mol. The van der Waals surface area contributed by atoms with Crippen molar-refractivity contribution in [2.75, 3.05) is 19.0 Å². The zero-order chi connectivity index (χ0) is 24.0. The number of aromatic nitrogens is 4. The number of thiazole rings is 1. The molecule has 0 radical (unpaired) electrons. The van der Waals surface area contributed by atoms with Gasteiger partial charge in [0.15, 0.2) is 5.82 Å². The second-order valence-electron chi connectivity index (χ2n) is 8.20. The van der Waals surface area contributed by atoms with Crippen LogP contribution in [-0.4, -0.2) is 33.5 Å². The van der Waals surface area contributed by atoms with Crippen molar-refractivity contribution in [2.45, 2.75) is 34.6 Å². The Kier molecular flexibility index (Phi) is 5.61. The number of rotatable bonds is 6. The number of anilines is 2. The van der Waals surface area contributed by atoms with Crippen LogP contribution in [0.5, 0.6) is 11.5 Å². The van der Waals surface area contributed by atoms with E-state index in [1.165, 1.54) is 4.70 Å². The number of hydrogen-bond acceptors (Lipinski definition) is 7. The zero-order valence-corrected chi connectivity index (χ0v) is 21.0. The third kappa shape index (κ3) is 3.64. The molecule has 0 saturated carbocycles. The lowest BCUT2D eigenvalue weighted by Gasteiger charge is -2.15. The normalized spacial score (nSPS) is 11.4. The monoisotopic (exact) mass is 473 g/mol. The number of nitrogens with zero attached hydrogens (tertiary/aromatic N) is 4. The van der Waals surface area contributed by atoms with Gasteiger partial charge in [-0.1, -0.05) is 0 Å². The summed E-state index contributed by atoms with van der Waals surface area (Å²) < 4.78 is 14.8. The van der Waals surface area contributed by atoms with Crippen molar-refractivity contribution in [2.24, 2.45) is 0 Å². The number of fused-ring (bicyclic) bond motifs is 2. The predicted octanol–water partition coefficient (Wildman–Crippen LogP) is 6.41. The van der Waals surface area contributed by atoms with E-state index in [1.54, 1.807) is 18.4 Å². The molecule has 5 rings (SSSR count). The minimum absolute atomic E-state index is 0.603. The summed E-state index contributed by atoms with van der Waals surface area (Å²) in [5.41, 5.74) is 5.88. The van der Waals surface area contributed by atoms with Crippen LogP contribution >= 0.6 is 11.3 Å². The molecule has 3 aromatic heterocycles. The van der Waals surface area contributed by atoms with E-state index >= 15 is 0 Å². The summed E-state index contributed by atoms with van der Waals surface area (Å²) in [5.74, 6) is 2.25. The van der Waals surface area contributed by atoms with Crippen LogP contribution in [0.25, 0.3) is 26.7 Å². The van der Waals surface area contributed by atoms with Crippen LogP contribution in [0.2, 0.25) is 0 Å². The molecule has 0 fully saturated rings. The average Bonchev–Trinajstić information content (AvgIpc) is 3.32. The SMILES string of the molecule is CCOc1ccc(-n2c(C)c3c(C)nnc(Nc4ccc5sc(C)nc5c4)c3c2C)c(OC)c1. The van der Waals surface area contributed by atoms with Gasteiger partial charge in [-0.05, 0) is 65.0 Å². The number of hydrogen-bond donors (Lipinski definition) is 1. The van der Waals surface area contributed by atoms with E-state index in [2.05, 4.69) is 57.1 Å². The van der Waals surface area contributed by atoms with Gasteiger partial charge in [0.25, 0.3) is 0 Å². The molecule has 0 aliphatic heterocycles. The highest BCUT2D eigenvalue weighted by molar-refractivity contribution is 7.18. The predicted molar refractivity (Wildman–Crippen MR) is 138 cm³/mol. The molecule has 174 valence electrons. The van der Waals surface area contributed by atoms with E-state index < -0.39 is 0 Å². The molecule has 5 aromatic rings. The van der Waals surface area contributed by atoms with Crippen molar-refractivity contribution in [3.05, 3.63) is 58.5 Å². The van der Waals surface area contributed by atoms with Crippen molar-refractivity contribution in [1.29, 1.82) is 0 Å². The maximum absolute atomic E-state index is 5.74. The number of ether oxygens (including phenoxy) is 2. The van der Waals surface area contributed by atoms with E-state index in [1.807, 2.05) is 39.0 Å². The maximum Gasteiger partial charge on any atom is 0.162 e. The van der Waals surface area contributed by atoms with Crippen molar-refractivity contribution in [1.82, 2.24) is 19.7 Å². The first-order valence-electron chi connectivity index (χ1n) is 11.2. The Hall–Kier alpha value is -3.65. The van der Waals surface area contributed by atoms with Gasteiger partial charge in [0.05, 0.1) is 40.3 Å². The molecule has 0 saturated heterocycles. The van der Waals surface area contributed by atoms with Gasteiger partial charge in [0.1, 0.15) is 11.5 Å². The quantitative estimate of drug-likeness (QED) is 0.307. The number of methoxy groups -OCH3 is 1. The van der Waals surface area contributed by atoms with Gasteiger partial charge in [0.2, 0.25) is 0 Å². The van der Waals surface area contributed by atoms with Crippen LogP contribution in [0.1, 0.15) is 29.0 Å². The van der Waals surface area contributed by atoms with Crippen molar-refractivity contribution >= 4 is 43.8 Å². The summed E-state index contributed by atoms with van der Waals surface area (Å²) in [6.45, 7) is 10.8. The highest BCUT2D eigenvalue weighted by atomic mass is 32.1. The topological polar surface area (TPSA) is 74.1 Å². The summed E-state index contributed by atoms with van der Waals surface area (Å²) in [5, 5.41) is 15.7. The molecule has 7 nitrogen and oxygen atoms in total. The fourth-order valence-corrected chi connectivity index (χ4v) is 5.41. The first kappa shape index (κ1) is 22.2. The summed E-state index contributed by atoms with van der Waals surface area (Å²) in [4.78, 5) is 4.62. The first-order valence-corrected chi connectivity index (χ1v) is 12.0. The molecular formula is C26H27N5O2S. The molecular weight excluding hydrogens is 446 g/mol. The minimum Gasteiger partial charge on any atom is -0.494 e. The van der Waals surface area contributed by atoms with Gasteiger partial charge in [-0.15, -0.1) is 16.4 Å². The Morgan fingerprint density at radius 3 is 2.53 bits per heavy atom. The van der Waals surface area contributed by atoms with Crippen LogP contribution in [0.3, 0.4) is 0 Å². The van der Waals surface area contributed by atoms with E-state index in [4.69, 9.17) is 9.47 Å². The van der Waals surface area contributed by atoms with Crippen molar-refractivity contribution < 1.29 is 9.47 Å². The van der Waals surface area contributed by atoms with Crippen molar-refractivity contribution in [3.8, 4) is 17.2 Å². The Morgan fingerprint density at radius 2 is 1.76 bits per heavy atom. The fraction of sp³-hybridized carbons (Fsp3) is 0.269. The molecule has 0 unspecified atom stereocenters. The molecule has 0 spiro atoms. The molecule has 1 N–H and O–H groups in total. The van der Waals surface area contributed by atoms with Crippen LogP contribution in [0, 0.1) is 27.7 Å². The lowest BCUT2D eigenvalue weighted by atomic mass is 10.1. The second-order valence-corrected chi connectivity index (χ2v) is 9.43. The molecule has 0 aliphatic carbocycles. The maximum atomic E-state index is 5.74. The minimum atomic E-state index is 0.603. The Balaban J connectivity index is 1.66. The molecule has 0 amide bonds. The van der Waals surface area contributed by atoms with Crippen molar-refractivity contribution in [3.63, 3.8) is 0 Å². The highest BCUT2D eigenvalue weighted by Crippen LogP contribution is 2.38. The number of nitrogens with one attached hydrogen (secondary N) is 1. The Morgan fingerprint density at radius 1 is 0.971 bits per heavy atom. The van der Waals surface area contributed by atoms with Gasteiger partial charge in [-0.3, -0.25) is 0 Å². The first-order chi connectivity index (χ1) is 16.4. The van der Waals surface area contributed by atoms with Gasteiger partial charge < -0.3 is 19.4 Å². The molecule has 8 heteroatoms.